The Balaban J connectivity index is 2.22. The Hall–Kier alpha value is -1.30. The number of allylic oxidation sites excluding steroid dienone is 4. The summed E-state index contributed by atoms with van der Waals surface area (Å²) in [5.41, 5.74) is 4.72. The molecule has 1 unspecified atom stereocenters. The minimum absolute atomic E-state index is 0.623. The lowest BCUT2D eigenvalue weighted by Crippen LogP contribution is -2.08. The van der Waals surface area contributed by atoms with E-state index in [2.05, 4.69) is 56.3 Å². The molecule has 96 valence electrons. The van der Waals surface area contributed by atoms with Gasteiger partial charge in [0.05, 0.1) is 0 Å². The van der Waals surface area contributed by atoms with E-state index in [1.54, 1.807) is 11.1 Å². The van der Waals surface area contributed by atoms with Crippen molar-refractivity contribution in [3.8, 4) is 0 Å². The van der Waals surface area contributed by atoms with Gasteiger partial charge in [0, 0.05) is 5.92 Å². The van der Waals surface area contributed by atoms with Crippen LogP contribution in [0.15, 0.2) is 53.6 Å². The zero-order chi connectivity index (χ0) is 12.8. The van der Waals surface area contributed by atoms with Gasteiger partial charge in [0.15, 0.2) is 0 Å². The third-order valence-corrected chi connectivity index (χ3v) is 3.76. The minimum Gasteiger partial charge on any atom is -0.0693 e. The molecule has 0 amide bonds. The molecule has 0 spiro atoms. The van der Waals surface area contributed by atoms with Crippen LogP contribution >= 0.6 is 0 Å². The Morgan fingerprint density at radius 2 is 1.67 bits per heavy atom. The van der Waals surface area contributed by atoms with Crippen molar-refractivity contribution in [3.05, 3.63) is 59.2 Å². The lowest BCUT2D eigenvalue weighted by atomic mass is 9.79. The first-order valence-corrected chi connectivity index (χ1v) is 7.28. The van der Waals surface area contributed by atoms with Gasteiger partial charge < -0.3 is 0 Å². The molecule has 0 saturated carbocycles. The zero-order valence-corrected chi connectivity index (χ0v) is 11.7. The SMILES string of the molecule is CCCC1=CC=C(CCC)C(c2ccccc2)C1. The smallest absolute Gasteiger partial charge is 0.00885 e. The molecule has 1 aliphatic rings. The molecule has 1 atom stereocenters. The van der Waals surface area contributed by atoms with E-state index < -0.39 is 0 Å². The summed E-state index contributed by atoms with van der Waals surface area (Å²) in [6, 6.07) is 11.0. The normalized spacial score (nSPS) is 19.3. The Kier molecular flexibility index (Phi) is 4.81. The van der Waals surface area contributed by atoms with Crippen molar-refractivity contribution >= 4 is 0 Å². The molecule has 1 aliphatic carbocycles. The predicted octanol–water partition coefficient (Wildman–Crippen LogP) is 5.63. The minimum atomic E-state index is 0.623. The molecule has 1 aromatic carbocycles. The van der Waals surface area contributed by atoms with Crippen molar-refractivity contribution in [2.45, 2.75) is 51.9 Å². The molecule has 0 aliphatic heterocycles. The van der Waals surface area contributed by atoms with Gasteiger partial charge in [-0.1, -0.05) is 80.3 Å². The summed E-state index contributed by atoms with van der Waals surface area (Å²) < 4.78 is 0. The highest BCUT2D eigenvalue weighted by Gasteiger charge is 2.19. The van der Waals surface area contributed by atoms with Crippen LogP contribution in [0.1, 0.15) is 57.4 Å². The molecule has 0 nitrogen and oxygen atoms in total. The van der Waals surface area contributed by atoms with Crippen LogP contribution in [0.4, 0.5) is 0 Å². The molecule has 0 radical (unpaired) electrons. The monoisotopic (exact) mass is 240 g/mol. The Morgan fingerprint density at radius 3 is 2.33 bits per heavy atom. The van der Waals surface area contributed by atoms with E-state index in [1.165, 1.54) is 37.7 Å². The third kappa shape index (κ3) is 3.13. The molecule has 0 saturated heterocycles. The predicted molar refractivity (Wildman–Crippen MR) is 79.8 cm³/mol. The van der Waals surface area contributed by atoms with Crippen LogP contribution in [0.5, 0.6) is 0 Å². The second-order valence-electron chi connectivity index (χ2n) is 5.23. The Bertz CT molecular complexity index is 423. The molecular weight excluding hydrogens is 216 g/mol. The fourth-order valence-corrected chi connectivity index (χ4v) is 2.87. The summed E-state index contributed by atoms with van der Waals surface area (Å²) in [6.45, 7) is 4.54. The van der Waals surface area contributed by atoms with E-state index in [4.69, 9.17) is 0 Å². The molecular formula is C18H24. The topological polar surface area (TPSA) is 0 Å². The van der Waals surface area contributed by atoms with Crippen LogP contribution in [-0.4, -0.2) is 0 Å². The first kappa shape index (κ1) is 13.1. The van der Waals surface area contributed by atoms with Crippen molar-refractivity contribution in [2.75, 3.05) is 0 Å². The maximum absolute atomic E-state index is 2.38. The van der Waals surface area contributed by atoms with Gasteiger partial charge in [-0.3, -0.25) is 0 Å². The molecule has 0 heteroatoms. The second-order valence-corrected chi connectivity index (χ2v) is 5.23. The van der Waals surface area contributed by atoms with Crippen molar-refractivity contribution in [1.82, 2.24) is 0 Å². The number of hydrogen-bond acceptors (Lipinski definition) is 0. The quantitative estimate of drug-likeness (QED) is 0.626. The summed E-state index contributed by atoms with van der Waals surface area (Å²) in [7, 11) is 0. The van der Waals surface area contributed by atoms with Gasteiger partial charge in [-0.2, -0.15) is 0 Å². The highest BCUT2D eigenvalue weighted by Crippen LogP contribution is 2.37. The van der Waals surface area contributed by atoms with E-state index in [1.807, 2.05) is 0 Å². The molecule has 0 bridgehead atoms. The van der Waals surface area contributed by atoms with Crippen molar-refractivity contribution < 1.29 is 0 Å². The molecule has 1 aromatic rings. The summed E-state index contributed by atoms with van der Waals surface area (Å²) in [4.78, 5) is 0. The van der Waals surface area contributed by atoms with Crippen LogP contribution in [0.2, 0.25) is 0 Å². The van der Waals surface area contributed by atoms with Crippen LogP contribution in [0.3, 0.4) is 0 Å². The standard InChI is InChI=1S/C18H24/c1-3-8-15-12-13-16(9-4-2)18(14-15)17-10-6-5-7-11-17/h5-7,10-13,18H,3-4,8-9,14H2,1-2H3. The third-order valence-electron chi connectivity index (χ3n) is 3.76. The van der Waals surface area contributed by atoms with Crippen LogP contribution < -0.4 is 0 Å². The van der Waals surface area contributed by atoms with Gasteiger partial charge in [0.2, 0.25) is 0 Å². The first-order valence-electron chi connectivity index (χ1n) is 7.28. The van der Waals surface area contributed by atoms with Gasteiger partial charge in [0.25, 0.3) is 0 Å². The maximum atomic E-state index is 2.38. The zero-order valence-electron chi connectivity index (χ0n) is 11.7. The van der Waals surface area contributed by atoms with Crippen LogP contribution in [0, 0.1) is 0 Å². The number of rotatable bonds is 5. The highest BCUT2D eigenvalue weighted by molar-refractivity contribution is 5.37. The fraction of sp³-hybridized carbons (Fsp3) is 0.444. The van der Waals surface area contributed by atoms with E-state index in [0.717, 1.165) is 0 Å². The lowest BCUT2D eigenvalue weighted by Gasteiger charge is -2.25. The molecule has 2 rings (SSSR count). The number of benzene rings is 1. The van der Waals surface area contributed by atoms with E-state index in [9.17, 15) is 0 Å². The van der Waals surface area contributed by atoms with Gasteiger partial charge in [0.1, 0.15) is 0 Å². The summed E-state index contributed by atoms with van der Waals surface area (Å²) in [6.07, 6.45) is 11.0. The van der Waals surface area contributed by atoms with E-state index >= 15 is 0 Å². The molecule has 0 heterocycles. The fourth-order valence-electron chi connectivity index (χ4n) is 2.87. The average molecular weight is 240 g/mol. The van der Waals surface area contributed by atoms with Gasteiger partial charge in [-0.05, 0) is 24.8 Å². The molecule has 0 N–H and O–H groups in total. The lowest BCUT2D eigenvalue weighted by molar-refractivity contribution is 0.681. The van der Waals surface area contributed by atoms with Crippen molar-refractivity contribution in [3.63, 3.8) is 0 Å². The largest absolute Gasteiger partial charge is 0.0693 e. The van der Waals surface area contributed by atoms with E-state index in [0.29, 0.717) is 5.92 Å². The highest BCUT2D eigenvalue weighted by atomic mass is 14.2. The molecule has 0 aromatic heterocycles. The van der Waals surface area contributed by atoms with Crippen molar-refractivity contribution in [1.29, 1.82) is 0 Å². The van der Waals surface area contributed by atoms with Crippen molar-refractivity contribution in [2.24, 2.45) is 0 Å². The van der Waals surface area contributed by atoms with Crippen LogP contribution in [0.25, 0.3) is 0 Å². The summed E-state index contributed by atoms with van der Waals surface area (Å²) in [5, 5.41) is 0. The van der Waals surface area contributed by atoms with E-state index in [-0.39, 0.29) is 0 Å². The number of hydrogen-bond donors (Lipinski definition) is 0. The summed E-state index contributed by atoms with van der Waals surface area (Å²) in [5.74, 6) is 0.623. The second kappa shape index (κ2) is 6.58. The molecule has 18 heavy (non-hydrogen) atoms. The van der Waals surface area contributed by atoms with Gasteiger partial charge in [-0.15, -0.1) is 0 Å². The Labute approximate surface area is 111 Å². The van der Waals surface area contributed by atoms with Gasteiger partial charge >= 0.3 is 0 Å². The maximum Gasteiger partial charge on any atom is 0.00885 e. The molecule has 0 fully saturated rings. The first-order chi connectivity index (χ1) is 8.85. The average Bonchev–Trinajstić information content (AvgIpc) is 2.42. The van der Waals surface area contributed by atoms with Crippen LogP contribution in [-0.2, 0) is 0 Å². The van der Waals surface area contributed by atoms with Gasteiger partial charge in [-0.25, -0.2) is 0 Å². The Morgan fingerprint density at radius 1 is 0.944 bits per heavy atom. The summed E-state index contributed by atoms with van der Waals surface area (Å²) >= 11 is 0.